The highest BCUT2D eigenvalue weighted by Gasteiger charge is 2.20. The summed E-state index contributed by atoms with van der Waals surface area (Å²) < 4.78 is 5.47. The van der Waals surface area contributed by atoms with Crippen molar-refractivity contribution in [2.75, 3.05) is 13.2 Å². The molecule has 0 aromatic carbocycles. The summed E-state index contributed by atoms with van der Waals surface area (Å²) in [6, 6.07) is -0.552. The maximum atomic E-state index is 12.4. The number of carbonyl (C=O) groups excluding carboxylic acids is 2. The van der Waals surface area contributed by atoms with Crippen molar-refractivity contribution in [2.45, 2.75) is 289 Å². The van der Waals surface area contributed by atoms with Gasteiger partial charge in [0.25, 0.3) is 0 Å². The first-order valence-electron chi connectivity index (χ1n) is 26.7. The van der Waals surface area contributed by atoms with Crippen molar-refractivity contribution in [2.24, 2.45) is 0 Å². The van der Waals surface area contributed by atoms with Crippen LogP contribution in [0.4, 0.5) is 0 Å². The number of aliphatic hydroxyl groups is 2. The van der Waals surface area contributed by atoms with E-state index in [1.54, 1.807) is 0 Å². The van der Waals surface area contributed by atoms with E-state index < -0.39 is 12.1 Å². The summed E-state index contributed by atoms with van der Waals surface area (Å²) >= 11 is 0. The molecule has 3 N–H and O–H groups in total. The standard InChI is InChI=1S/C55H103NO5/c1-3-5-7-9-11-13-14-15-16-17-18-19-23-26-29-33-37-41-45-49-55(60)61-50-46-42-38-34-30-27-24-21-20-22-25-28-32-36-40-44-48-54(59)56-52(51-57)53(58)47-43-39-35-31-12-10-8-6-4-2/h11,13,15-16,20,22,52-53,57-58H,3-10,12,14,17-19,21,23-51H2,1-2H3,(H,56,59)/b13-11-,16-15-,22-20-. The molecule has 0 aromatic rings. The Morgan fingerprint density at radius 3 is 1.30 bits per heavy atom. The monoisotopic (exact) mass is 858 g/mol. The fourth-order valence-electron chi connectivity index (χ4n) is 8.02. The summed E-state index contributed by atoms with van der Waals surface area (Å²) in [6.45, 7) is 4.88. The van der Waals surface area contributed by atoms with Crippen molar-refractivity contribution in [1.29, 1.82) is 0 Å². The molecule has 0 saturated heterocycles. The predicted molar refractivity (Wildman–Crippen MR) is 264 cm³/mol. The lowest BCUT2D eigenvalue weighted by molar-refractivity contribution is -0.143. The maximum absolute atomic E-state index is 12.4. The van der Waals surface area contributed by atoms with Crippen LogP contribution in [0.3, 0.4) is 0 Å². The van der Waals surface area contributed by atoms with Gasteiger partial charge in [0.05, 0.1) is 25.4 Å². The van der Waals surface area contributed by atoms with Crippen LogP contribution in [0.15, 0.2) is 36.5 Å². The van der Waals surface area contributed by atoms with Crippen LogP contribution in [0.1, 0.15) is 277 Å². The first kappa shape index (κ1) is 59.1. The van der Waals surface area contributed by atoms with Gasteiger partial charge in [-0.2, -0.15) is 0 Å². The lowest BCUT2D eigenvalue weighted by Gasteiger charge is -2.22. The summed E-state index contributed by atoms with van der Waals surface area (Å²) in [5.74, 6) is -0.0627. The first-order valence-corrected chi connectivity index (χ1v) is 26.7. The first-order chi connectivity index (χ1) is 30.0. The van der Waals surface area contributed by atoms with Crippen LogP contribution in [0.2, 0.25) is 0 Å². The molecule has 6 nitrogen and oxygen atoms in total. The zero-order chi connectivity index (χ0) is 44.4. The molecule has 0 aliphatic heterocycles. The molecule has 61 heavy (non-hydrogen) atoms. The number of ether oxygens (including phenoxy) is 1. The summed E-state index contributed by atoms with van der Waals surface area (Å²) in [7, 11) is 0. The van der Waals surface area contributed by atoms with Gasteiger partial charge < -0.3 is 20.3 Å². The van der Waals surface area contributed by atoms with Gasteiger partial charge in [0.2, 0.25) is 5.91 Å². The Hall–Kier alpha value is -1.92. The van der Waals surface area contributed by atoms with Crippen LogP contribution in [-0.2, 0) is 14.3 Å². The Bertz CT molecular complexity index is 993. The smallest absolute Gasteiger partial charge is 0.305 e. The number of hydrogen-bond donors (Lipinski definition) is 3. The largest absolute Gasteiger partial charge is 0.466 e. The van der Waals surface area contributed by atoms with Gasteiger partial charge >= 0.3 is 5.97 Å². The highest BCUT2D eigenvalue weighted by atomic mass is 16.5. The number of allylic oxidation sites excluding steroid dienone is 6. The van der Waals surface area contributed by atoms with Crippen LogP contribution in [0.25, 0.3) is 0 Å². The highest BCUT2D eigenvalue weighted by Crippen LogP contribution is 2.15. The number of nitrogens with one attached hydrogen (secondary N) is 1. The van der Waals surface area contributed by atoms with E-state index in [0.29, 0.717) is 25.9 Å². The molecule has 2 atom stereocenters. The number of aliphatic hydroxyl groups excluding tert-OH is 2. The second-order valence-corrected chi connectivity index (χ2v) is 18.2. The second-order valence-electron chi connectivity index (χ2n) is 18.2. The molecule has 0 spiro atoms. The Balaban J connectivity index is 3.43. The van der Waals surface area contributed by atoms with Crippen molar-refractivity contribution in [3.8, 4) is 0 Å². The van der Waals surface area contributed by atoms with Crippen molar-refractivity contribution < 1.29 is 24.5 Å². The van der Waals surface area contributed by atoms with Crippen LogP contribution in [-0.4, -0.2) is 47.4 Å². The van der Waals surface area contributed by atoms with Crippen molar-refractivity contribution >= 4 is 11.9 Å². The Morgan fingerprint density at radius 2 is 0.820 bits per heavy atom. The average Bonchev–Trinajstić information content (AvgIpc) is 3.26. The van der Waals surface area contributed by atoms with Crippen LogP contribution in [0, 0.1) is 0 Å². The molecule has 0 radical (unpaired) electrons. The molecule has 0 aliphatic rings. The van der Waals surface area contributed by atoms with Gasteiger partial charge in [0.1, 0.15) is 0 Å². The van der Waals surface area contributed by atoms with E-state index in [0.717, 1.165) is 70.6 Å². The molecule has 0 rings (SSSR count). The van der Waals surface area contributed by atoms with Crippen molar-refractivity contribution in [3.05, 3.63) is 36.5 Å². The third-order valence-electron chi connectivity index (χ3n) is 12.2. The molecule has 0 aromatic heterocycles. The highest BCUT2D eigenvalue weighted by molar-refractivity contribution is 5.76. The minimum absolute atomic E-state index is 0.00729. The van der Waals surface area contributed by atoms with Gasteiger partial charge in [0, 0.05) is 12.8 Å². The number of esters is 1. The number of hydrogen-bond acceptors (Lipinski definition) is 5. The van der Waals surface area contributed by atoms with Crippen LogP contribution >= 0.6 is 0 Å². The van der Waals surface area contributed by atoms with E-state index in [1.165, 1.54) is 173 Å². The summed E-state index contributed by atoms with van der Waals surface area (Å²) in [6.07, 6.45) is 61.3. The maximum Gasteiger partial charge on any atom is 0.305 e. The number of amides is 1. The Kier molecular flexibility index (Phi) is 49.1. The Morgan fingerprint density at radius 1 is 0.459 bits per heavy atom. The molecule has 0 heterocycles. The molecule has 1 amide bonds. The van der Waals surface area contributed by atoms with Gasteiger partial charge in [0.15, 0.2) is 0 Å². The Labute approximate surface area is 379 Å². The molecule has 0 bridgehead atoms. The molecule has 0 aliphatic carbocycles. The van der Waals surface area contributed by atoms with Crippen LogP contribution < -0.4 is 5.32 Å². The second kappa shape index (κ2) is 50.7. The zero-order valence-corrected chi connectivity index (χ0v) is 40.6. The van der Waals surface area contributed by atoms with Gasteiger partial charge in [-0.25, -0.2) is 0 Å². The van der Waals surface area contributed by atoms with E-state index in [9.17, 15) is 19.8 Å². The molecule has 2 unspecified atom stereocenters. The zero-order valence-electron chi connectivity index (χ0n) is 40.6. The fraction of sp³-hybridized carbons (Fsp3) is 0.855. The van der Waals surface area contributed by atoms with Crippen molar-refractivity contribution in [3.63, 3.8) is 0 Å². The topological polar surface area (TPSA) is 95.9 Å². The van der Waals surface area contributed by atoms with E-state index in [4.69, 9.17) is 4.74 Å². The van der Waals surface area contributed by atoms with E-state index in [-0.39, 0.29) is 18.5 Å². The van der Waals surface area contributed by atoms with Gasteiger partial charge in [-0.15, -0.1) is 0 Å². The minimum atomic E-state index is -0.673. The SMILES string of the molecule is CCCCC/C=C\C/C=C\CCCCCCCCCCCC(=O)OCCCCCCCCC/C=C\CCCCCCCC(=O)NC(CO)C(O)CCCCCCCCCCC. The average molecular weight is 858 g/mol. The quantitative estimate of drug-likeness (QED) is 0.0322. The molecule has 6 heteroatoms. The van der Waals surface area contributed by atoms with E-state index in [1.807, 2.05) is 0 Å². The van der Waals surface area contributed by atoms with Gasteiger partial charge in [-0.05, 0) is 83.5 Å². The summed E-state index contributed by atoms with van der Waals surface area (Å²) in [4.78, 5) is 24.4. The normalized spacial score (nSPS) is 12.9. The van der Waals surface area contributed by atoms with Crippen molar-refractivity contribution in [1.82, 2.24) is 5.32 Å². The molecular weight excluding hydrogens is 755 g/mol. The van der Waals surface area contributed by atoms with Crippen LogP contribution in [0.5, 0.6) is 0 Å². The summed E-state index contributed by atoms with van der Waals surface area (Å²) in [5.41, 5.74) is 0. The molecule has 358 valence electrons. The van der Waals surface area contributed by atoms with E-state index >= 15 is 0 Å². The minimum Gasteiger partial charge on any atom is -0.466 e. The molecule has 0 saturated carbocycles. The lowest BCUT2D eigenvalue weighted by atomic mass is 10.0. The third-order valence-corrected chi connectivity index (χ3v) is 12.2. The van der Waals surface area contributed by atoms with Gasteiger partial charge in [-0.3, -0.25) is 9.59 Å². The fourth-order valence-corrected chi connectivity index (χ4v) is 8.02. The summed E-state index contributed by atoms with van der Waals surface area (Å²) in [5, 5.41) is 23.1. The third kappa shape index (κ3) is 47.4. The number of rotatable bonds is 49. The lowest BCUT2D eigenvalue weighted by Crippen LogP contribution is -2.45. The molecule has 0 fully saturated rings. The predicted octanol–water partition coefficient (Wildman–Crippen LogP) is 16.1. The number of carbonyl (C=O) groups is 2. The molecular formula is C55H103NO5. The van der Waals surface area contributed by atoms with Gasteiger partial charge in [-0.1, -0.05) is 217 Å². The number of unbranched alkanes of at least 4 members (excludes halogenated alkanes) is 32. The van der Waals surface area contributed by atoms with E-state index in [2.05, 4.69) is 55.6 Å².